The molecule has 0 aliphatic carbocycles. The molecule has 2 rings (SSSR count). The molecule has 1 aliphatic heterocycles. The second kappa shape index (κ2) is 12.8. The zero-order valence-corrected chi connectivity index (χ0v) is 21.9. The van der Waals surface area contributed by atoms with Crippen LogP contribution in [0.2, 0.25) is 0 Å². The average Bonchev–Trinajstić information content (AvgIpc) is 2.82. The zero-order valence-electron chi connectivity index (χ0n) is 20.2. The van der Waals surface area contributed by atoms with Gasteiger partial charge in [-0.3, -0.25) is 19.2 Å². The van der Waals surface area contributed by atoms with Gasteiger partial charge in [-0.05, 0) is 6.42 Å². The predicted octanol–water partition coefficient (Wildman–Crippen LogP) is -0.572. The molecule has 13 nitrogen and oxygen atoms in total. The van der Waals surface area contributed by atoms with Gasteiger partial charge in [0.25, 0.3) is 15.8 Å². The number of hydrogen-bond donors (Lipinski definition) is 2. The van der Waals surface area contributed by atoms with E-state index in [1.54, 1.807) is 9.80 Å². The maximum atomic E-state index is 13.8. The minimum atomic E-state index is -4.26. The minimum Gasteiger partial charge on any atom is -0.394 e. The van der Waals surface area contributed by atoms with Crippen molar-refractivity contribution >= 4 is 31.5 Å². The normalized spacial score (nSPS) is 16.4. The molecule has 1 unspecified atom stereocenters. The summed E-state index contributed by atoms with van der Waals surface area (Å²) in [6, 6.07) is 2.08. The van der Waals surface area contributed by atoms with E-state index in [9.17, 15) is 32.1 Å². The van der Waals surface area contributed by atoms with Gasteiger partial charge in [-0.1, -0.05) is 12.8 Å². The Kier molecular flexibility index (Phi) is 10.6. The van der Waals surface area contributed by atoms with Crippen molar-refractivity contribution in [2.24, 2.45) is 0 Å². The molecule has 15 heteroatoms. The number of benzene rings is 1. The number of nitrogens with zero attached hydrogens (tertiary/aromatic N) is 4. The molecule has 202 valence electrons. The monoisotopic (exact) mass is 548 g/mol. The minimum absolute atomic E-state index is 0.0136. The van der Waals surface area contributed by atoms with Crippen LogP contribution >= 0.6 is 0 Å². The molecule has 1 heterocycles. The Bertz CT molecular complexity index is 1170. The highest BCUT2D eigenvalue weighted by molar-refractivity contribution is 7.89. The first-order chi connectivity index (χ1) is 16.8. The fraction of sp³-hybridized carbons (Fsp3) is 0.619. The number of terminal acetylenes is 1. The highest BCUT2D eigenvalue weighted by Crippen LogP contribution is 2.36. The predicted molar refractivity (Wildman–Crippen MR) is 133 cm³/mol. The van der Waals surface area contributed by atoms with Crippen molar-refractivity contribution in [2.75, 3.05) is 70.2 Å². The number of β-amino-alcohol motifs (C(OH)–C–C–N with tert-alkyl or cyclic N) is 1. The molecular formula is C21H32N4O9S2. The van der Waals surface area contributed by atoms with Crippen LogP contribution in [-0.2, 0) is 24.3 Å². The van der Waals surface area contributed by atoms with E-state index in [2.05, 4.69) is 5.92 Å². The summed E-state index contributed by atoms with van der Waals surface area (Å²) < 4.78 is 56.3. The van der Waals surface area contributed by atoms with Crippen LogP contribution in [0, 0.1) is 22.5 Å². The molecular weight excluding hydrogens is 516 g/mol. The Balaban J connectivity index is 2.51. The number of nitro benzene ring substituents is 1. The van der Waals surface area contributed by atoms with Gasteiger partial charge in [0, 0.05) is 57.9 Å². The van der Waals surface area contributed by atoms with E-state index in [4.69, 9.17) is 15.7 Å². The summed E-state index contributed by atoms with van der Waals surface area (Å²) in [5.74, 6) is 2.34. The van der Waals surface area contributed by atoms with E-state index in [0.29, 0.717) is 6.42 Å². The first kappa shape index (κ1) is 29.9. The summed E-state index contributed by atoms with van der Waals surface area (Å²) >= 11 is 0. The molecule has 0 radical (unpaired) electrons. The van der Waals surface area contributed by atoms with Crippen molar-refractivity contribution in [3.05, 3.63) is 27.8 Å². The molecule has 0 bridgehead atoms. The molecule has 0 spiro atoms. The van der Waals surface area contributed by atoms with Crippen LogP contribution in [-0.4, -0.2) is 113 Å². The van der Waals surface area contributed by atoms with Crippen LogP contribution in [0.25, 0.3) is 0 Å². The lowest BCUT2D eigenvalue weighted by Crippen LogP contribution is -2.50. The summed E-state index contributed by atoms with van der Waals surface area (Å²) in [5, 5.41) is 30.3. The van der Waals surface area contributed by atoms with Gasteiger partial charge in [0.2, 0.25) is 10.0 Å². The van der Waals surface area contributed by atoms with Crippen LogP contribution in [0.5, 0.6) is 0 Å². The second-order valence-corrected chi connectivity index (χ2v) is 11.8. The zero-order chi connectivity index (χ0) is 27.1. The second-order valence-electron chi connectivity index (χ2n) is 8.30. The van der Waals surface area contributed by atoms with Crippen LogP contribution in [0.1, 0.15) is 18.9 Å². The Labute approximate surface area is 211 Å². The van der Waals surface area contributed by atoms with Gasteiger partial charge in [-0.15, -0.1) is 6.42 Å². The number of nitro groups is 1. The average molecular weight is 549 g/mol. The lowest BCUT2D eigenvalue weighted by atomic mass is 10.1. The van der Waals surface area contributed by atoms with Crippen molar-refractivity contribution < 1.29 is 36.2 Å². The molecule has 1 fully saturated rings. The number of aliphatic hydroxyl groups excluding tert-OH is 2. The quantitative estimate of drug-likeness (QED) is 0.140. The Morgan fingerprint density at radius 1 is 1.22 bits per heavy atom. The highest BCUT2D eigenvalue weighted by Gasteiger charge is 2.34. The fourth-order valence-corrected chi connectivity index (χ4v) is 5.94. The fourth-order valence-electron chi connectivity index (χ4n) is 3.88. The molecule has 1 aromatic rings. The third-order valence-electron chi connectivity index (χ3n) is 5.52. The number of sulfonamides is 1. The van der Waals surface area contributed by atoms with Gasteiger partial charge >= 0.3 is 0 Å². The molecule has 1 aliphatic rings. The Morgan fingerprint density at radius 3 is 2.36 bits per heavy atom. The van der Waals surface area contributed by atoms with Gasteiger partial charge < -0.3 is 15.1 Å². The van der Waals surface area contributed by atoms with Gasteiger partial charge in [-0.2, -0.15) is 12.7 Å². The number of rotatable bonds is 13. The third-order valence-corrected chi connectivity index (χ3v) is 8.03. The molecule has 36 heavy (non-hydrogen) atoms. The first-order valence-electron chi connectivity index (χ1n) is 11.2. The Morgan fingerprint density at radius 2 is 1.86 bits per heavy atom. The molecule has 1 aromatic carbocycles. The number of piperazine rings is 1. The number of hydrogen-bond acceptors (Lipinski definition) is 11. The van der Waals surface area contributed by atoms with Crippen LogP contribution in [0.4, 0.5) is 11.4 Å². The number of anilines is 1. The van der Waals surface area contributed by atoms with Gasteiger partial charge in [0.15, 0.2) is 0 Å². The van der Waals surface area contributed by atoms with E-state index >= 15 is 0 Å². The molecule has 1 atom stereocenters. The Hall–Kier alpha value is -2.32. The molecule has 2 N–H and O–H groups in total. The van der Waals surface area contributed by atoms with E-state index in [1.807, 2.05) is 6.92 Å². The molecule has 0 amide bonds. The van der Waals surface area contributed by atoms with Crippen molar-refractivity contribution in [1.29, 1.82) is 0 Å². The highest BCUT2D eigenvalue weighted by atomic mass is 32.2. The van der Waals surface area contributed by atoms with Gasteiger partial charge in [-0.25, -0.2) is 8.42 Å². The summed E-state index contributed by atoms with van der Waals surface area (Å²) in [7, 11) is -8.00. The van der Waals surface area contributed by atoms with Gasteiger partial charge in [0.1, 0.15) is 4.90 Å². The van der Waals surface area contributed by atoms with Crippen molar-refractivity contribution in [2.45, 2.75) is 24.3 Å². The lowest BCUT2D eigenvalue weighted by Gasteiger charge is -2.35. The van der Waals surface area contributed by atoms with E-state index < -0.39 is 43.5 Å². The smallest absolute Gasteiger partial charge is 0.272 e. The van der Waals surface area contributed by atoms with Crippen LogP contribution in [0.15, 0.2) is 17.0 Å². The van der Waals surface area contributed by atoms with Crippen molar-refractivity contribution in [3.8, 4) is 12.3 Å². The third kappa shape index (κ3) is 7.84. The van der Waals surface area contributed by atoms with E-state index in [-0.39, 0.29) is 68.6 Å². The first-order valence-corrected chi connectivity index (χ1v) is 14.5. The van der Waals surface area contributed by atoms with E-state index in [0.717, 1.165) is 18.4 Å². The standard InChI is InChI=1S/C21H32N4O9S2/c1-4-6-23(11-12-34-35(3,30)31)21-17(5-2)13-18(25(28)29)14-20(21)36(32,33)24-9-7-22(8-10-24)15-19(27)16-26/h2,13-14,19,26-27H,4,6-12,15-16H2,1,3H3. The summed E-state index contributed by atoms with van der Waals surface area (Å²) in [4.78, 5) is 13.9. The summed E-state index contributed by atoms with van der Waals surface area (Å²) in [5.41, 5.74) is -0.431. The van der Waals surface area contributed by atoms with Crippen molar-refractivity contribution in [1.82, 2.24) is 9.21 Å². The van der Waals surface area contributed by atoms with Crippen LogP contribution in [0.3, 0.4) is 0 Å². The van der Waals surface area contributed by atoms with Crippen LogP contribution < -0.4 is 4.90 Å². The number of non-ortho nitro benzene ring substituents is 1. The summed E-state index contributed by atoms with van der Waals surface area (Å²) in [6.07, 6.45) is 6.12. The van der Waals surface area contributed by atoms with Crippen molar-refractivity contribution in [3.63, 3.8) is 0 Å². The molecule has 0 aromatic heterocycles. The van der Waals surface area contributed by atoms with Gasteiger partial charge in [0.05, 0.1) is 41.7 Å². The largest absolute Gasteiger partial charge is 0.394 e. The maximum absolute atomic E-state index is 13.8. The maximum Gasteiger partial charge on any atom is 0.272 e. The molecule has 0 saturated carbocycles. The number of aliphatic hydroxyl groups is 2. The SMILES string of the molecule is C#Cc1cc([N+](=O)[O-])cc(S(=O)(=O)N2CCN(CC(O)CO)CC2)c1N(CCC)CCOS(C)(=O)=O. The lowest BCUT2D eigenvalue weighted by molar-refractivity contribution is -0.385. The van der Waals surface area contributed by atoms with E-state index in [1.165, 1.54) is 4.31 Å². The topological polar surface area (TPSA) is 171 Å². The summed E-state index contributed by atoms with van der Waals surface area (Å²) in [6.45, 7) is 2.26. The molecule has 1 saturated heterocycles.